The number of hydrogen-bond donors (Lipinski definition) is 2. The molecule has 1 aromatic carbocycles. The third-order valence-electron chi connectivity index (χ3n) is 4.44. The van der Waals surface area contributed by atoms with Crippen LogP contribution in [-0.4, -0.2) is 23.6 Å². The highest BCUT2D eigenvalue weighted by Crippen LogP contribution is 2.32. The Hall–Kier alpha value is -2.45. The number of aryl methyl sites for hydroxylation is 3. The van der Waals surface area contributed by atoms with Gasteiger partial charge in [0.2, 0.25) is 15.9 Å². The number of H-pyrrole nitrogens is 1. The Morgan fingerprint density at radius 3 is 2.30 bits per heavy atom. The van der Waals surface area contributed by atoms with Crippen molar-refractivity contribution in [1.29, 1.82) is 0 Å². The molecule has 0 aliphatic heterocycles. The van der Waals surface area contributed by atoms with E-state index in [1.54, 1.807) is 20.8 Å². The Morgan fingerprint density at radius 2 is 1.74 bits per heavy atom. The van der Waals surface area contributed by atoms with Crippen LogP contribution in [0.5, 0.6) is 0 Å². The van der Waals surface area contributed by atoms with E-state index in [0.29, 0.717) is 28.8 Å². The molecular formula is C19H24N4O3S. The summed E-state index contributed by atoms with van der Waals surface area (Å²) >= 11 is 0. The van der Waals surface area contributed by atoms with Crippen molar-refractivity contribution in [2.24, 2.45) is 0 Å². The second kappa shape index (κ2) is 7.28. The highest BCUT2D eigenvalue weighted by atomic mass is 32.2. The fraction of sp³-hybridized carbons (Fsp3) is 0.368. The zero-order valence-electron chi connectivity index (χ0n) is 16.1. The number of benzene rings is 1. The van der Waals surface area contributed by atoms with Crippen molar-refractivity contribution in [3.8, 4) is 11.5 Å². The van der Waals surface area contributed by atoms with Gasteiger partial charge < -0.3 is 9.40 Å². The standard InChI is InChI=1S/C19H24N4O3S/c1-11(2)16-8-6-15(7-9-16)10-20-27(24,25)18-13(4)21-12(3)17(18)19-23-22-14(5)26-19/h6-9,11,20-21H,10H2,1-5H3. The van der Waals surface area contributed by atoms with Crippen molar-refractivity contribution < 1.29 is 12.8 Å². The van der Waals surface area contributed by atoms with Crippen LogP contribution < -0.4 is 4.72 Å². The SMILES string of the molecule is Cc1nnc(-c2c(C)[nH]c(C)c2S(=O)(=O)NCc2ccc(C(C)C)cc2)o1. The van der Waals surface area contributed by atoms with E-state index in [0.717, 1.165) is 5.56 Å². The highest BCUT2D eigenvalue weighted by molar-refractivity contribution is 7.89. The minimum absolute atomic E-state index is 0.141. The topological polar surface area (TPSA) is 101 Å². The first-order valence-corrected chi connectivity index (χ1v) is 10.3. The van der Waals surface area contributed by atoms with Gasteiger partial charge >= 0.3 is 0 Å². The van der Waals surface area contributed by atoms with Gasteiger partial charge in [-0.05, 0) is 30.9 Å². The van der Waals surface area contributed by atoms with Gasteiger partial charge in [0.05, 0.1) is 5.56 Å². The van der Waals surface area contributed by atoms with Crippen LogP contribution in [0, 0.1) is 20.8 Å². The normalized spacial score (nSPS) is 12.1. The molecule has 144 valence electrons. The quantitative estimate of drug-likeness (QED) is 0.672. The van der Waals surface area contributed by atoms with Gasteiger partial charge in [-0.25, -0.2) is 13.1 Å². The lowest BCUT2D eigenvalue weighted by Crippen LogP contribution is -2.24. The van der Waals surface area contributed by atoms with Crippen molar-refractivity contribution >= 4 is 10.0 Å². The molecule has 3 aromatic rings. The summed E-state index contributed by atoms with van der Waals surface area (Å²) in [5, 5.41) is 7.79. The van der Waals surface area contributed by atoms with E-state index in [2.05, 4.69) is 33.8 Å². The minimum Gasteiger partial charge on any atom is -0.421 e. The first-order chi connectivity index (χ1) is 12.7. The van der Waals surface area contributed by atoms with E-state index >= 15 is 0 Å². The molecule has 0 aliphatic rings. The van der Waals surface area contributed by atoms with E-state index in [9.17, 15) is 8.42 Å². The predicted molar refractivity (Wildman–Crippen MR) is 103 cm³/mol. The Balaban J connectivity index is 1.89. The van der Waals surface area contributed by atoms with Gasteiger partial charge in [0, 0.05) is 24.9 Å². The molecule has 8 heteroatoms. The summed E-state index contributed by atoms with van der Waals surface area (Å²) in [6.45, 7) is 9.60. The van der Waals surface area contributed by atoms with Gasteiger partial charge in [-0.3, -0.25) is 0 Å². The number of hydrogen-bond acceptors (Lipinski definition) is 5. The molecule has 0 fully saturated rings. The van der Waals surface area contributed by atoms with E-state index in [1.165, 1.54) is 5.56 Å². The summed E-state index contributed by atoms with van der Waals surface area (Å²) < 4.78 is 34.1. The molecule has 0 amide bonds. The van der Waals surface area contributed by atoms with Crippen LogP contribution in [0.25, 0.3) is 11.5 Å². The predicted octanol–water partition coefficient (Wildman–Crippen LogP) is 3.59. The third kappa shape index (κ3) is 3.96. The summed E-state index contributed by atoms with van der Waals surface area (Å²) in [5.41, 5.74) is 3.71. The molecule has 2 N–H and O–H groups in total. The maximum atomic E-state index is 13.0. The van der Waals surface area contributed by atoms with Crippen LogP contribution >= 0.6 is 0 Å². The lowest BCUT2D eigenvalue weighted by Gasteiger charge is -2.10. The number of aromatic amines is 1. The maximum Gasteiger partial charge on any atom is 0.250 e. The van der Waals surface area contributed by atoms with Gasteiger partial charge in [0.25, 0.3) is 5.89 Å². The third-order valence-corrected chi connectivity index (χ3v) is 6.01. The number of nitrogens with zero attached hydrogens (tertiary/aromatic N) is 2. The van der Waals surface area contributed by atoms with Gasteiger partial charge in [0.15, 0.2) is 0 Å². The second-order valence-electron chi connectivity index (χ2n) is 6.93. The zero-order chi connectivity index (χ0) is 19.8. The maximum absolute atomic E-state index is 13.0. The van der Waals surface area contributed by atoms with Crippen molar-refractivity contribution in [3.05, 3.63) is 52.7 Å². The number of nitrogens with one attached hydrogen (secondary N) is 2. The molecule has 2 aromatic heterocycles. The summed E-state index contributed by atoms with van der Waals surface area (Å²) in [4.78, 5) is 3.20. The highest BCUT2D eigenvalue weighted by Gasteiger charge is 2.28. The summed E-state index contributed by atoms with van der Waals surface area (Å²) in [6, 6.07) is 7.92. The van der Waals surface area contributed by atoms with E-state index in [1.807, 2.05) is 24.3 Å². The Kier molecular flexibility index (Phi) is 5.21. The van der Waals surface area contributed by atoms with E-state index in [-0.39, 0.29) is 17.3 Å². The van der Waals surface area contributed by atoms with Crippen LogP contribution in [-0.2, 0) is 16.6 Å². The van der Waals surface area contributed by atoms with Crippen molar-refractivity contribution in [3.63, 3.8) is 0 Å². The number of aromatic nitrogens is 3. The molecule has 0 radical (unpaired) electrons. The molecule has 0 bridgehead atoms. The smallest absolute Gasteiger partial charge is 0.250 e. The average molecular weight is 388 g/mol. The van der Waals surface area contributed by atoms with Crippen molar-refractivity contribution in [2.75, 3.05) is 0 Å². The zero-order valence-corrected chi connectivity index (χ0v) is 16.9. The van der Waals surface area contributed by atoms with Gasteiger partial charge in [-0.2, -0.15) is 0 Å². The van der Waals surface area contributed by atoms with Gasteiger partial charge in [-0.1, -0.05) is 38.1 Å². The lowest BCUT2D eigenvalue weighted by atomic mass is 10.0. The van der Waals surface area contributed by atoms with Crippen molar-refractivity contribution in [1.82, 2.24) is 19.9 Å². The molecule has 27 heavy (non-hydrogen) atoms. The Labute approximate surface area is 159 Å². The van der Waals surface area contributed by atoms with Crippen LogP contribution in [0.4, 0.5) is 0 Å². The molecule has 7 nitrogen and oxygen atoms in total. The molecule has 0 unspecified atom stereocenters. The molecule has 0 aliphatic carbocycles. The molecular weight excluding hydrogens is 364 g/mol. The van der Waals surface area contributed by atoms with Crippen molar-refractivity contribution in [2.45, 2.75) is 52.0 Å². The summed E-state index contributed by atoms with van der Waals surface area (Å²) in [6.07, 6.45) is 0. The first kappa shape index (κ1) is 19.3. The van der Waals surface area contributed by atoms with Crippen LogP contribution in [0.2, 0.25) is 0 Å². The van der Waals surface area contributed by atoms with E-state index < -0.39 is 10.0 Å². The lowest BCUT2D eigenvalue weighted by molar-refractivity contribution is 0.530. The Morgan fingerprint density at radius 1 is 1.07 bits per heavy atom. The minimum atomic E-state index is -3.77. The second-order valence-corrected chi connectivity index (χ2v) is 8.63. The molecule has 0 saturated heterocycles. The number of rotatable bonds is 6. The van der Waals surface area contributed by atoms with Gasteiger partial charge in [0.1, 0.15) is 4.90 Å². The Bertz CT molecular complexity index is 1050. The molecule has 0 saturated carbocycles. The molecule has 0 spiro atoms. The molecule has 2 heterocycles. The summed E-state index contributed by atoms with van der Waals surface area (Å²) in [5.74, 6) is 1.00. The fourth-order valence-corrected chi connectivity index (χ4v) is 4.48. The summed E-state index contributed by atoms with van der Waals surface area (Å²) in [7, 11) is -3.77. The largest absolute Gasteiger partial charge is 0.421 e. The van der Waals surface area contributed by atoms with Gasteiger partial charge in [-0.15, -0.1) is 10.2 Å². The first-order valence-electron chi connectivity index (χ1n) is 8.77. The average Bonchev–Trinajstić information content (AvgIpc) is 3.16. The van der Waals surface area contributed by atoms with Crippen LogP contribution in [0.1, 0.15) is 48.2 Å². The van der Waals surface area contributed by atoms with Crippen LogP contribution in [0.3, 0.4) is 0 Å². The van der Waals surface area contributed by atoms with Crippen LogP contribution in [0.15, 0.2) is 33.6 Å². The number of sulfonamides is 1. The monoisotopic (exact) mass is 388 g/mol. The molecule has 3 rings (SSSR count). The van der Waals surface area contributed by atoms with E-state index in [4.69, 9.17) is 4.42 Å². The molecule has 0 atom stereocenters. The fourth-order valence-electron chi connectivity index (χ4n) is 3.02.